The number of anilines is 3. The van der Waals surface area contributed by atoms with Gasteiger partial charge in [-0.3, -0.25) is 0 Å². The highest BCUT2D eigenvalue weighted by Gasteiger charge is 2.14. The van der Waals surface area contributed by atoms with E-state index in [0.717, 1.165) is 22.6 Å². The van der Waals surface area contributed by atoms with Gasteiger partial charge in [-0.25, -0.2) is 0 Å². The van der Waals surface area contributed by atoms with Crippen molar-refractivity contribution in [1.82, 2.24) is 0 Å². The minimum absolute atomic E-state index is 0.385. The van der Waals surface area contributed by atoms with Crippen LogP contribution in [-0.2, 0) is 0 Å². The molecule has 0 amide bonds. The second kappa shape index (κ2) is 8.65. The first-order valence-corrected chi connectivity index (χ1v) is 9.34. The molecule has 4 aromatic rings. The van der Waals surface area contributed by atoms with Gasteiger partial charge in [0.25, 0.3) is 0 Å². The fourth-order valence-corrected chi connectivity index (χ4v) is 3.25. The fraction of sp³-hybridized carbons (Fsp3) is 0. The summed E-state index contributed by atoms with van der Waals surface area (Å²) in [4.78, 5) is 2.13. The lowest BCUT2D eigenvalue weighted by atomic mass is 10.0. The van der Waals surface area contributed by atoms with Crippen molar-refractivity contribution in [2.24, 2.45) is 0 Å². The van der Waals surface area contributed by atoms with Crippen LogP contribution < -0.4 is 9.55 Å². The fourth-order valence-electron chi connectivity index (χ4n) is 3.25. The van der Waals surface area contributed by atoms with Crippen LogP contribution in [0, 0.1) is 0 Å². The van der Waals surface area contributed by atoms with Crippen LogP contribution in [-0.4, -0.2) is 17.4 Å². The minimum Gasteiger partial charge on any atom is -0.512 e. The Kier molecular flexibility index (Phi) is 5.61. The molecule has 0 aliphatic rings. The second-order valence-electron chi connectivity index (χ2n) is 6.52. The number of rotatable bonds is 6. The van der Waals surface area contributed by atoms with Crippen LogP contribution in [0.15, 0.2) is 109 Å². The highest BCUT2D eigenvalue weighted by Crippen LogP contribution is 2.36. The van der Waals surface area contributed by atoms with E-state index in [9.17, 15) is 0 Å². The van der Waals surface area contributed by atoms with Gasteiger partial charge in [0.2, 0.25) is 0 Å². The van der Waals surface area contributed by atoms with Crippen LogP contribution >= 0.6 is 0 Å². The molecule has 0 bridgehead atoms. The molecule has 4 rings (SSSR count). The summed E-state index contributed by atoms with van der Waals surface area (Å²) in [5.41, 5.74) is 5.31. The summed E-state index contributed by atoms with van der Waals surface area (Å²) in [7, 11) is -1.84. The van der Waals surface area contributed by atoms with Gasteiger partial charge in [-0.05, 0) is 59.7 Å². The van der Waals surface area contributed by atoms with E-state index in [-0.39, 0.29) is 0 Å². The number of hydrogen-bond acceptors (Lipinski definition) is 4. The van der Waals surface area contributed by atoms with Gasteiger partial charge >= 0.3 is 7.32 Å². The maximum atomic E-state index is 8.98. The summed E-state index contributed by atoms with van der Waals surface area (Å²) in [5.74, 6) is 0.385. The standard InChI is InChI=1S/C24H20BNO3/c27-25(28)29-24-17-15-23(16-18-24)26(21-9-5-2-6-10-21)22-13-11-20(12-14-22)19-7-3-1-4-8-19/h1-18,27-28H. The van der Waals surface area contributed by atoms with Crippen molar-refractivity contribution in [3.63, 3.8) is 0 Å². The molecule has 142 valence electrons. The van der Waals surface area contributed by atoms with Crippen LogP contribution in [0.5, 0.6) is 5.75 Å². The highest BCUT2D eigenvalue weighted by atomic mass is 16.6. The second-order valence-corrected chi connectivity index (χ2v) is 6.52. The average molecular weight is 381 g/mol. The van der Waals surface area contributed by atoms with Gasteiger partial charge in [-0.15, -0.1) is 0 Å². The normalized spacial score (nSPS) is 10.4. The third-order valence-corrected chi connectivity index (χ3v) is 4.58. The molecule has 0 radical (unpaired) electrons. The largest absolute Gasteiger partial charge is 0.707 e. The first kappa shape index (κ1) is 18.8. The lowest BCUT2D eigenvalue weighted by Gasteiger charge is -2.26. The van der Waals surface area contributed by atoms with Crippen molar-refractivity contribution in [3.05, 3.63) is 109 Å². The lowest BCUT2D eigenvalue weighted by Crippen LogP contribution is -2.20. The van der Waals surface area contributed by atoms with Crippen molar-refractivity contribution in [3.8, 4) is 16.9 Å². The summed E-state index contributed by atoms with van der Waals surface area (Å²) < 4.78 is 4.92. The van der Waals surface area contributed by atoms with E-state index in [1.165, 1.54) is 5.56 Å². The van der Waals surface area contributed by atoms with E-state index in [0.29, 0.717) is 5.75 Å². The first-order chi connectivity index (χ1) is 14.2. The van der Waals surface area contributed by atoms with Gasteiger partial charge in [-0.2, -0.15) is 0 Å². The first-order valence-electron chi connectivity index (χ1n) is 9.34. The summed E-state index contributed by atoms with van der Waals surface area (Å²) >= 11 is 0. The molecule has 0 atom stereocenters. The van der Waals surface area contributed by atoms with Gasteiger partial charge in [0.05, 0.1) is 0 Å². The van der Waals surface area contributed by atoms with Crippen LogP contribution in [0.4, 0.5) is 17.1 Å². The lowest BCUT2D eigenvalue weighted by molar-refractivity contribution is 0.288. The van der Waals surface area contributed by atoms with E-state index in [2.05, 4.69) is 41.3 Å². The van der Waals surface area contributed by atoms with Gasteiger partial charge in [0.15, 0.2) is 0 Å². The molecular weight excluding hydrogens is 361 g/mol. The maximum absolute atomic E-state index is 8.98. The summed E-state index contributed by atoms with van der Waals surface area (Å²) in [6.07, 6.45) is 0. The number of benzene rings is 4. The van der Waals surface area contributed by atoms with E-state index >= 15 is 0 Å². The summed E-state index contributed by atoms with van der Waals surface area (Å²) in [6, 6.07) is 36.0. The molecule has 0 heterocycles. The highest BCUT2D eigenvalue weighted by molar-refractivity contribution is 6.33. The molecule has 0 spiro atoms. The Labute approximate surface area is 170 Å². The molecule has 4 nitrogen and oxygen atoms in total. The SMILES string of the molecule is OB(O)Oc1ccc(N(c2ccccc2)c2ccc(-c3ccccc3)cc2)cc1. The van der Waals surface area contributed by atoms with E-state index < -0.39 is 7.32 Å². The van der Waals surface area contributed by atoms with Crippen molar-refractivity contribution in [2.75, 3.05) is 4.90 Å². The van der Waals surface area contributed by atoms with Crippen molar-refractivity contribution in [2.45, 2.75) is 0 Å². The van der Waals surface area contributed by atoms with E-state index in [1.807, 2.05) is 60.7 Å². The molecule has 5 heteroatoms. The van der Waals surface area contributed by atoms with Crippen LogP contribution in [0.3, 0.4) is 0 Å². The zero-order valence-electron chi connectivity index (χ0n) is 15.7. The topological polar surface area (TPSA) is 52.9 Å². The Morgan fingerprint density at radius 3 is 1.52 bits per heavy atom. The van der Waals surface area contributed by atoms with E-state index in [4.69, 9.17) is 14.7 Å². The van der Waals surface area contributed by atoms with Crippen molar-refractivity contribution in [1.29, 1.82) is 0 Å². The molecule has 0 saturated carbocycles. The number of hydrogen-bond donors (Lipinski definition) is 2. The van der Waals surface area contributed by atoms with Gasteiger partial charge in [0.1, 0.15) is 5.75 Å². The third-order valence-electron chi connectivity index (χ3n) is 4.58. The van der Waals surface area contributed by atoms with Gasteiger partial charge in [0, 0.05) is 17.1 Å². The predicted octanol–water partition coefficient (Wildman–Crippen LogP) is 5.17. The molecule has 0 fully saturated rings. The number of nitrogens with zero attached hydrogens (tertiary/aromatic N) is 1. The monoisotopic (exact) mass is 381 g/mol. The smallest absolute Gasteiger partial charge is 0.512 e. The van der Waals surface area contributed by atoms with Crippen LogP contribution in [0.25, 0.3) is 11.1 Å². The van der Waals surface area contributed by atoms with Gasteiger partial charge in [-0.1, -0.05) is 60.7 Å². The zero-order valence-corrected chi connectivity index (χ0v) is 15.7. The minimum atomic E-state index is -1.84. The molecule has 0 aliphatic heterocycles. The Hall–Kier alpha value is -3.54. The van der Waals surface area contributed by atoms with Crippen LogP contribution in [0.1, 0.15) is 0 Å². The molecule has 0 aliphatic carbocycles. The Morgan fingerprint density at radius 2 is 0.966 bits per heavy atom. The van der Waals surface area contributed by atoms with Crippen molar-refractivity contribution >= 4 is 24.4 Å². The molecule has 0 aromatic heterocycles. The average Bonchev–Trinajstić information content (AvgIpc) is 2.77. The van der Waals surface area contributed by atoms with Crippen molar-refractivity contribution < 1.29 is 14.7 Å². The Morgan fingerprint density at radius 1 is 0.517 bits per heavy atom. The van der Waals surface area contributed by atoms with Crippen LogP contribution in [0.2, 0.25) is 0 Å². The molecular formula is C24H20BNO3. The molecule has 29 heavy (non-hydrogen) atoms. The maximum Gasteiger partial charge on any atom is 0.707 e. The molecule has 2 N–H and O–H groups in total. The Bertz CT molecular complexity index is 1040. The molecule has 4 aromatic carbocycles. The summed E-state index contributed by atoms with van der Waals surface area (Å²) in [5, 5.41) is 18.0. The number of para-hydroxylation sites is 1. The predicted molar refractivity (Wildman–Crippen MR) is 117 cm³/mol. The van der Waals surface area contributed by atoms with Gasteiger partial charge < -0.3 is 19.6 Å². The van der Waals surface area contributed by atoms with E-state index in [1.54, 1.807) is 12.1 Å². The third kappa shape index (κ3) is 4.49. The molecule has 0 saturated heterocycles. The Balaban J connectivity index is 1.70. The zero-order chi connectivity index (χ0) is 20.1. The summed E-state index contributed by atoms with van der Waals surface area (Å²) in [6.45, 7) is 0. The quantitative estimate of drug-likeness (QED) is 0.453. The molecule has 0 unspecified atom stereocenters.